The first kappa shape index (κ1) is 11.9. The monoisotopic (exact) mass is 263 g/mol. The van der Waals surface area contributed by atoms with Crippen LogP contribution < -0.4 is 21.5 Å². The van der Waals surface area contributed by atoms with E-state index in [1.165, 1.54) is 5.56 Å². The summed E-state index contributed by atoms with van der Waals surface area (Å²) in [5.74, 6) is 0. The SMILES string of the molecule is CC(c1ccccc1)[n+]1ccccc1.[Br-]. The Morgan fingerprint density at radius 2 is 1.40 bits per heavy atom. The van der Waals surface area contributed by atoms with Crippen LogP contribution in [0.5, 0.6) is 0 Å². The molecule has 1 heterocycles. The summed E-state index contributed by atoms with van der Waals surface area (Å²) in [5.41, 5.74) is 1.34. The number of aromatic nitrogens is 1. The molecule has 0 spiro atoms. The fourth-order valence-corrected chi connectivity index (χ4v) is 1.57. The number of rotatable bonds is 2. The zero-order chi connectivity index (χ0) is 9.80. The van der Waals surface area contributed by atoms with Crippen molar-refractivity contribution in [2.45, 2.75) is 13.0 Å². The third-order valence-electron chi connectivity index (χ3n) is 2.47. The fraction of sp³-hybridized carbons (Fsp3) is 0.154. The van der Waals surface area contributed by atoms with E-state index in [1.54, 1.807) is 0 Å². The van der Waals surface area contributed by atoms with E-state index in [2.05, 4.69) is 60.3 Å². The molecule has 0 N–H and O–H groups in total. The van der Waals surface area contributed by atoms with Crippen molar-refractivity contribution in [1.82, 2.24) is 0 Å². The first-order valence-corrected chi connectivity index (χ1v) is 4.88. The molecule has 0 aliphatic rings. The minimum atomic E-state index is 0. The van der Waals surface area contributed by atoms with Gasteiger partial charge in [0.1, 0.15) is 0 Å². The second-order valence-corrected chi connectivity index (χ2v) is 3.41. The predicted molar refractivity (Wildman–Crippen MR) is 56.9 cm³/mol. The fourth-order valence-electron chi connectivity index (χ4n) is 1.57. The van der Waals surface area contributed by atoms with Crippen LogP contribution in [0, 0.1) is 0 Å². The molecule has 2 heteroatoms. The van der Waals surface area contributed by atoms with Crippen molar-refractivity contribution in [3.63, 3.8) is 0 Å². The molecule has 1 atom stereocenters. The van der Waals surface area contributed by atoms with E-state index in [-0.39, 0.29) is 17.0 Å². The highest BCUT2D eigenvalue weighted by Gasteiger charge is 2.12. The van der Waals surface area contributed by atoms with E-state index in [9.17, 15) is 0 Å². The molecule has 0 saturated heterocycles. The van der Waals surface area contributed by atoms with Gasteiger partial charge in [-0.1, -0.05) is 36.4 Å². The van der Waals surface area contributed by atoms with Crippen molar-refractivity contribution < 1.29 is 21.5 Å². The van der Waals surface area contributed by atoms with Gasteiger partial charge in [-0.15, -0.1) is 0 Å². The van der Waals surface area contributed by atoms with Gasteiger partial charge < -0.3 is 17.0 Å². The molecule has 1 aromatic carbocycles. The average Bonchev–Trinajstić information content (AvgIpc) is 2.30. The van der Waals surface area contributed by atoms with E-state index in [0.29, 0.717) is 6.04 Å². The van der Waals surface area contributed by atoms with Gasteiger partial charge >= 0.3 is 0 Å². The summed E-state index contributed by atoms with van der Waals surface area (Å²) in [7, 11) is 0. The van der Waals surface area contributed by atoms with E-state index in [4.69, 9.17) is 0 Å². The lowest BCUT2D eigenvalue weighted by Crippen LogP contribution is -3.00. The molecule has 2 rings (SSSR count). The summed E-state index contributed by atoms with van der Waals surface area (Å²) in [6, 6.07) is 17.1. The van der Waals surface area contributed by atoms with Crippen molar-refractivity contribution in [2.75, 3.05) is 0 Å². The molecule has 0 saturated carbocycles. The molecule has 0 radical (unpaired) electrons. The number of nitrogens with zero attached hydrogens (tertiary/aromatic N) is 1. The Morgan fingerprint density at radius 3 is 2.00 bits per heavy atom. The highest BCUT2D eigenvalue weighted by atomic mass is 79.9. The molecule has 1 unspecified atom stereocenters. The van der Waals surface area contributed by atoms with Crippen molar-refractivity contribution in [1.29, 1.82) is 0 Å². The van der Waals surface area contributed by atoms with Gasteiger partial charge in [0.05, 0.1) is 0 Å². The third-order valence-corrected chi connectivity index (χ3v) is 2.47. The summed E-state index contributed by atoms with van der Waals surface area (Å²) in [6.07, 6.45) is 4.19. The molecule has 1 aromatic heterocycles. The molecule has 78 valence electrons. The van der Waals surface area contributed by atoms with Crippen LogP contribution in [0.2, 0.25) is 0 Å². The van der Waals surface area contributed by atoms with Crippen molar-refractivity contribution in [3.8, 4) is 0 Å². The topological polar surface area (TPSA) is 3.88 Å². The summed E-state index contributed by atoms with van der Waals surface area (Å²) >= 11 is 0. The zero-order valence-corrected chi connectivity index (χ0v) is 10.3. The van der Waals surface area contributed by atoms with Crippen LogP contribution in [0.3, 0.4) is 0 Å². The first-order valence-electron chi connectivity index (χ1n) is 4.88. The zero-order valence-electron chi connectivity index (χ0n) is 8.68. The average molecular weight is 264 g/mol. The maximum absolute atomic E-state index is 2.20. The Hall–Kier alpha value is -1.15. The van der Waals surface area contributed by atoms with Gasteiger partial charge in [0.25, 0.3) is 0 Å². The van der Waals surface area contributed by atoms with E-state index in [1.807, 2.05) is 12.1 Å². The lowest BCUT2D eigenvalue weighted by molar-refractivity contribution is -0.710. The highest BCUT2D eigenvalue weighted by Crippen LogP contribution is 2.09. The first-order chi connectivity index (χ1) is 6.88. The van der Waals surface area contributed by atoms with Crippen molar-refractivity contribution in [2.24, 2.45) is 0 Å². The van der Waals surface area contributed by atoms with Gasteiger partial charge in [0, 0.05) is 24.6 Å². The Kier molecular flexibility index (Phi) is 4.50. The molecular formula is C13H14BrN. The number of hydrogen-bond donors (Lipinski definition) is 0. The van der Waals surface area contributed by atoms with Gasteiger partial charge in [-0.05, 0) is 0 Å². The normalized spacial score (nSPS) is 11.5. The third kappa shape index (κ3) is 2.90. The molecule has 0 aliphatic heterocycles. The molecule has 2 aromatic rings. The van der Waals surface area contributed by atoms with Crippen LogP contribution in [-0.2, 0) is 0 Å². The maximum Gasteiger partial charge on any atom is 0.180 e. The number of benzene rings is 1. The van der Waals surface area contributed by atoms with Crippen LogP contribution >= 0.6 is 0 Å². The van der Waals surface area contributed by atoms with Gasteiger partial charge in [-0.3, -0.25) is 0 Å². The second kappa shape index (κ2) is 5.66. The van der Waals surface area contributed by atoms with Gasteiger partial charge in [-0.25, -0.2) is 0 Å². The van der Waals surface area contributed by atoms with Crippen molar-refractivity contribution >= 4 is 0 Å². The molecule has 0 fully saturated rings. The summed E-state index contributed by atoms with van der Waals surface area (Å²) in [4.78, 5) is 0. The maximum atomic E-state index is 2.20. The molecule has 15 heavy (non-hydrogen) atoms. The van der Waals surface area contributed by atoms with E-state index >= 15 is 0 Å². The standard InChI is InChI=1S/C13H14N.BrH/c1-12(13-8-4-2-5-9-13)14-10-6-3-7-11-14;/h2-12H,1H3;1H/q+1;/p-1. The van der Waals surface area contributed by atoms with E-state index in [0.717, 1.165) is 0 Å². The van der Waals surface area contributed by atoms with E-state index < -0.39 is 0 Å². The smallest absolute Gasteiger partial charge is 0.180 e. The number of pyridine rings is 1. The lowest BCUT2D eigenvalue weighted by Gasteiger charge is -2.06. The lowest BCUT2D eigenvalue weighted by atomic mass is 10.1. The second-order valence-electron chi connectivity index (χ2n) is 3.41. The van der Waals surface area contributed by atoms with Gasteiger partial charge in [-0.2, -0.15) is 4.57 Å². The molecular weight excluding hydrogens is 250 g/mol. The van der Waals surface area contributed by atoms with Gasteiger partial charge in [0.15, 0.2) is 18.4 Å². The molecule has 0 bridgehead atoms. The molecule has 1 nitrogen and oxygen atoms in total. The summed E-state index contributed by atoms with van der Waals surface area (Å²) in [5, 5.41) is 0. The Labute approximate surface area is 101 Å². The van der Waals surface area contributed by atoms with Crippen molar-refractivity contribution in [3.05, 3.63) is 66.5 Å². The van der Waals surface area contributed by atoms with Gasteiger partial charge in [0.2, 0.25) is 0 Å². The van der Waals surface area contributed by atoms with Crippen LogP contribution in [0.4, 0.5) is 0 Å². The Balaban J connectivity index is 0.00000112. The highest BCUT2D eigenvalue weighted by molar-refractivity contribution is 5.16. The van der Waals surface area contributed by atoms with Crippen LogP contribution in [-0.4, -0.2) is 0 Å². The Morgan fingerprint density at radius 1 is 0.867 bits per heavy atom. The largest absolute Gasteiger partial charge is 1.00 e. The summed E-state index contributed by atoms with van der Waals surface area (Å²) < 4.78 is 2.20. The van der Waals surface area contributed by atoms with Crippen LogP contribution in [0.15, 0.2) is 60.9 Å². The van der Waals surface area contributed by atoms with Crippen LogP contribution in [0.1, 0.15) is 18.5 Å². The molecule has 0 amide bonds. The minimum Gasteiger partial charge on any atom is -1.00 e. The quantitative estimate of drug-likeness (QED) is 0.649. The Bertz CT molecular complexity index is 346. The number of hydrogen-bond acceptors (Lipinski definition) is 0. The van der Waals surface area contributed by atoms with Crippen LogP contribution in [0.25, 0.3) is 0 Å². The minimum absolute atomic E-state index is 0. The predicted octanol–water partition coefficient (Wildman–Crippen LogP) is -0.413. The molecule has 0 aliphatic carbocycles. The summed E-state index contributed by atoms with van der Waals surface area (Å²) in [6.45, 7) is 2.20. The number of halogens is 1.